The number of benzene rings is 1. The monoisotopic (exact) mass is 220 g/mol. The molecule has 2 unspecified atom stereocenters. The van der Waals surface area contributed by atoms with Gasteiger partial charge in [0, 0.05) is 0 Å². The van der Waals surface area contributed by atoms with Crippen molar-refractivity contribution in [2.24, 2.45) is 5.92 Å². The fraction of sp³-hybridized carbons (Fsp3) is 0.600. The molecular weight excluding hydrogens is 196 g/mol. The summed E-state index contributed by atoms with van der Waals surface area (Å²) in [6.07, 6.45) is 2.64. The van der Waals surface area contributed by atoms with Gasteiger partial charge in [0.05, 0.1) is 6.10 Å². The molecule has 1 rings (SSSR count). The molecule has 1 aromatic rings. The normalized spacial score (nSPS) is 14.8. The van der Waals surface area contributed by atoms with Gasteiger partial charge in [-0.2, -0.15) is 0 Å². The van der Waals surface area contributed by atoms with E-state index in [1.165, 1.54) is 16.7 Å². The molecule has 2 atom stereocenters. The van der Waals surface area contributed by atoms with E-state index < -0.39 is 0 Å². The highest BCUT2D eigenvalue weighted by Crippen LogP contribution is 2.16. The van der Waals surface area contributed by atoms with Crippen LogP contribution in [-0.2, 0) is 6.42 Å². The third-order valence-corrected chi connectivity index (χ3v) is 3.41. The lowest BCUT2D eigenvalue weighted by Gasteiger charge is -2.15. The minimum atomic E-state index is -0.197. The average molecular weight is 220 g/mol. The van der Waals surface area contributed by atoms with Gasteiger partial charge in [-0.05, 0) is 49.3 Å². The number of aliphatic hydroxyl groups excluding tert-OH is 1. The highest BCUT2D eigenvalue weighted by molar-refractivity contribution is 5.30. The highest BCUT2D eigenvalue weighted by atomic mass is 16.3. The number of hydrogen-bond acceptors (Lipinski definition) is 1. The van der Waals surface area contributed by atoms with Crippen LogP contribution in [0.2, 0.25) is 0 Å². The SMILES string of the molecule is CCC(C)CC(O)Cc1ccc(C)c(C)c1. The van der Waals surface area contributed by atoms with Crippen molar-refractivity contribution in [3.63, 3.8) is 0 Å². The Balaban J connectivity index is 2.56. The van der Waals surface area contributed by atoms with Gasteiger partial charge in [-0.1, -0.05) is 38.5 Å². The van der Waals surface area contributed by atoms with Gasteiger partial charge >= 0.3 is 0 Å². The standard InChI is InChI=1S/C15H24O/c1-5-11(2)8-15(16)10-14-7-6-12(3)13(4)9-14/h6-7,9,11,15-16H,5,8,10H2,1-4H3. The van der Waals surface area contributed by atoms with Crippen molar-refractivity contribution in [3.8, 4) is 0 Å². The second kappa shape index (κ2) is 6.05. The molecule has 0 amide bonds. The van der Waals surface area contributed by atoms with Crippen LogP contribution in [0.25, 0.3) is 0 Å². The van der Waals surface area contributed by atoms with E-state index in [0.29, 0.717) is 5.92 Å². The highest BCUT2D eigenvalue weighted by Gasteiger charge is 2.10. The molecule has 0 spiro atoms. The van der Waals surface area contributed by atoms with Crippen molar-refractivity contribution in [3.05, 3.63) is 34.9 Å². The molecule has 0 saturated heterocycles. The van der Waals surface area contributed by atoms with Crippen LogP contribution >= 0.6 is 0 Å². The summed E-state index contributed by atoms with van der Waals surface area (Å²) in [6.45, 7) is 8.62. The molecular formula is C15H24O. The molecule has 0 heterocycles. The van der Waals surface area contributed by atoms with Gasteiger partial charge in [0.1, 0.15) is 0 Å². The maximum Gasteiger partial charge on any atom is 0.0583 e. The zero-order chi connectivity index (χ0) is 12.1. The van der Waals surface area contributed by atoms with E-state index in [1.54, 1.807) is 0 Å². The molecule has 90 valence electrons. The molecule has 16 heavy (non-hydrogen) atoms. The lowest BCUT2D eigenvalue weighted by molar-refractivity contribution is 0.144. The summed E-state index contributed by atoms with van der Waals surface area (Å²) in [4.78, 5) is 0. The van der Waals surface area contributed by atoms with Gasteiger partial charge in [0.2, 0.25) is 0 Å². The lowest BCUT2D eigenvalue weighted by Crippen LogP contribution is -2.14. The molecule has 0 aromatic heterocycles. The van der Waals surface area contributed by atoms with E-state index in [2.05, 4.69) is 45.9 Å². The van der Waals surface area contributed by atoms with Crippen LogP contribution in [0.5, 0.6) is 0 Å². The fourth-order valence-electron chi connectivity index (χ4n) is 1.92. The van der Waals surface area contributed by atoms with Gasteiger partial charge < -0.3 is 5.11 Å². The van der Waals surface area contributed by atoms with Gasteiger partial charge in [0.25, 0.3) is 0 Å². The van der Waals surface area contributed by atoms with E-state index in [-0.39, 0.29) is 6.10 Å². The number of aliphatic hydroxyl groups is 1. The van der Waals surface area contributed by atoms with Crippen LogP contribution < -0.4 is 0 Å². The average Bonchev–Trinajstić information content (AvgIpc) is 2.23. The number of hydrogen-bond donors (Lipinski definition) is 1. The van der Waals surface area contributed by atoms with Crippen LogP contribution in [0.4, 0.5) is 0 Å². The molecule has 0 saturated carbocycles. The Morgan fingerprint density at radius 2 is 1.88 bits per heavy atom. The summed E-state index contributed by atoms with van der Waals surface area (Å²) in [5.74, 6) is 0.613. The largest absolute Gasteiger partial charge is 0.393 e. The molecule has 1 nitrogen and oxygen atoms in total. The van der Waals surface area contributed by atoms with Crippen molar-refractivity contribution in [1.82, 2.24) is 0 Å². The zero-order valence-electron chi connectivity index (χ0n) is 11.0. The maximum atomic E-state index is 9.96. The van der Waals surface area contributed by atoms with Crippen LogP contribution in [-0.4, -0.2) is 11.2 Å². The Morgan fingerprint density at radius 1 is 1.19 bits per heavy atom. The molecule has 1 aromatic carbocycles. The summed E-state index contributed by atoms with van der Waals surface area (Å²) in [5.41, 5.74) is 3.88. The summed E-state index contributed by atoms with van der Waals surface area (Å²) < 4.78 is 0. The van der Waals surface area contributed by atoms with E-state index in [4.69, 9.17) is 0 Å². The summed E-state index contributed by atoms with van der Waals surface area (Å²) in [7, 11) is 0. The maximum absolute atomic E-state index is 9.96. The number of rotatable bonds is 5. The molecule has 0 radical (unpaired) electrons. The molecule has 0 aliphatic carbocycles. The molecule has 0 aliphatic heterocycles. The second-order valence-corrected chi connectivity index (χ2v) is 5.03. The van der Waals surface area contributed by atoms with Crippen LogP contribution in [0.15, 0.2) is 18.2 Å². The van der Waals surface area contributed by atoms with Gasteiger partial charge in [-0.25, -0.2) is 0 Å². The first-order chi connectivity index (χ1) is 7.52. The van der Waals surface area contributed by atoms with E-state index >= 15 is 0 Å². The van der Waals surface area contributed by atoms with Gasteiger partial charge in [0.15, 0.2) is 0 Å². The summed E-state index contributed by atoms with van der Waals surface area (Å²) in [5, 5.41) is 9.96. The Labute approximate surface area is 99.5 Å². The quantitative estimate of drug-likeness (QED) is 0.803. The van der Waals surface area contributed by atoms with Crippen LogP contribution in [0.1, 0.15) is 43.4 Å². The van der Waals surface area contributed by atoms with E-state index in [0.717, 1.165) is 19.3 Å². The van der Waals surface area contributed by atoms with Crippen LogP contribution in [0.3, 0.4) is 0 Å². The minimum absolute atomic E-state index is 0.197. The topological polar surface area (TPSA) is 20.2 Å². The Hall–Kier alpha value is -0.820. The third-order valence-electron chi connectivity index (χ3n) is 3.41. The van der Waals surface area contributed by atoms with Crippen LogP contribution in [0, 0.1) is 19.8 Å². The Kier molecular flexibility index (Phi) is 5.01. The molecule has 0 fully saturated rings. The van der Waals surface area contributed by atoms with Crippen molar-refractivity contribution in [2.75, 3.05) is 0 Å². The Morgan fingerprint density at radius 3 is 2.44 bits per heavy atom. The van der Waals surface area contributed by atoms with Crippen molar-refractivity contribution >= 4 is 0 Å². The van der Waals surface area contributed by atoms with Gasteiger partial charge in [-0.3, -0.25) is 0 Å². The minimum Gasteiger partial charge on any atom is -0.393 e. The Bertz CT molecular complexity index is 330. The van der Waals surface area contributed by atoms with Crippen molar-refractivity contribution < 1.29 is 5.11 Å². The smallest absolute Gasteiger partial charge is 0.0583 e. The van der Waals surface area contributed by atoms with E-state index in [1.807, 2.05) is 0 Å². The zero-order valence-corrected chi connectivity index (χ0v) is 11.0. The van der Waals surface area contributed by atoms with Crippen molar-refractivity contribution in [2.45, 2.75) is 53.1 Å². The van der Waals surface area contributed by atoms with E-state index in [9.17, 15) is 5.11 Å². The second-order valence-electron chi connectivity index (χ2n) is 5.03. The summed E-state index contributed by atoms with van der Waals surface area (Å²) in [6, 6.07) is 6.46. The predicted molar refractivity (Wildman–Crippen MR) is 69.7 cm³/mol. The molecule has 1 heteroatoms. The molecule has 0 bridgehead atoms. The first kappa shape index (κ1) is 13.2. The lowest BCUT2D eigenvalue weighted by atomic mass is 9.95. The molecule has 0 aliphatic rings. The first-order valence-electron chi connectivity index (χ1n) is 6.27. The van der Waals surface area contributed by atoms with Gasteiger partial charge in [-0.15, -0.1) is 0 Å². The van der Waals surface area contributed by atoms with Crippen molar-refractivity contribution in [1.29, 1.82) is 0 Å². The third kappa shape index (κ3) is 3.97. The summed E-state index contributed by atoms with van der Waals surface area (Å²) >= 11 is 0. The first-order valence-corrected chi connectivity index (χ1v) is 6.27. The number of aryl methyl sites for hydroxylation is 2. The predicted octanol–water partition coefficient (Wildman–Crippen LogP) is 3.64. The molecule has 1 N–H and O–H groups in total. The fourth-order valence-corrected chi connectivity index (χ4v) is 1.92.